The molecule has 0 saturated heterocycles. The lowest BCUT2D eigenvalue weighted by Gasteiger charge is -2.06. The molecule has 0 spiro atoms. The summed E-state index contributed by atoms with van der Waals surface area (Å²) in [7, 11) is 0. The first-order valence-electron chi connectivity index (χ1n) is 4.17. The second-order valence-corrected chi connectivity index (χ2v) is 4.26. The molecular formula is C10H7Br2NO2. The molecule has 0 bridgehead atoms. The smallest absolute Gasteiger partial charge is 0.339 e. The molecule has 0 fully saturated rings. The first-order valence-corrected chi connectivity index (χ1v) is 5.75. The van der Waals surface area contributed by atoms with Crippen molar-refractivity contribution in [1.82, 2.24) is 0 Å². The Morgan fingerprint density at radius 1 is 1.53 bits per heavy atom. The summed E-state index contributed by atoms with van der Waals surface area (Å²) in [5.74, 6) is -0.484. The number of nitriles is 1. The number of nitrogens with zero attached hydrogens (tertiary/aromatic N) is 1. The Hall–Kier alpha value is -0.860. The molecule has 0 atom stereocenters. The van der Waals surface area contributed by atoms with E-state index in [4.69, 9.17) is 10.00 Å². The summed E-state index contributed by atoms with van der Waals surface area (Å²) in [6.45, 7) is 2.01. The normalized spacial score (nSPS) is 9.47. The largest absolute Gasteiger partial charge is 0.462 e. The predicted molar refractivity (Wildman–Crippen MR) is 62.5 cm³/mol. The molecule has 0 heterocycles. The Balaban J connectivity index is 3.26. The summed E-state index contributed by atoms with van der Waals surface area (Å²) in [6, 6.07) is 5.22. The molecule has 0 radical (unpaired) electrons. The first-order chi connectivity index (χ1) is 7.11. The van der Waals surface area contributed by atoms with Crippen molar-refractivity contribution in [2.45, 2.75) is 6.92 Å². The standard InChI is InChI=1S/C10H7Br2NO2/c1-2-15-10(14)6-3-4-8(11)9(12)7(6)5-13/h3-4H,2H2,1H3. The van der Waals surface area contributed by atoms with Gasteiger partial charge in [0.25, 0.3) is 0 Å². The van der Waals surface area contributed by atoms with Crippen LogP contribution in [0.2, 0.25) is 0 Å². The summed E-state index contributed by atoms with van der Waals surface area (Å²) in [6.07, 6.45) is 0. The molecule has 0 unspecified atom stereocenters. The predicted octanol–water partition coefficient (Wildman–Crippen LogP) is 3.26. The van der Waals surface area contributed by atoms with Gasteiger partial charge < -0.3 is 4.74 Å². The van der Waals surface area contributed by atoms with Crippen molar-refractivity contribution < 1.29 is 9.53 Å². The first kappa shape index (κ1) is 12.2. The van der Waals surface area contributed by atoms with Crippen molar-refractivity contribution in [2.75, 3.05) is 6.61 Å². The van der Waals surface area contributed by atoms with Crippen molar-refractivity contribution in [3.8, 4) is 6.07 Å². The van der Waals surface area contributed by atoms with Crippen molar-refractivity contribution in [2.24, 2.45) is 0 Å². The van der Waals surface area contributed by atoms with Gasteiger partial charge in [-0.15, -0.1) is 0 Å². The second kappa shape index (κ2) is 5.29. The van der Waals surface area contributed by atoms with Gasteiger partial charge in [-0.3, -0.25) is 0 Å². The molecule has 3 nitrogen and oxygen atoms in total. The Kier molecular flexibility index (Phi) is 4.30. The Labute approximate surface area is 104 Å². The lowest BCUT2D eigenvalue weighted by molar-refractivity contribution is 0.0526. The van der Waals surface area contributed by atoms with Gasteiger partial charge in [0.2, 0.25) is 0 Å². The van der Waals surface area contributed by atoms with E-state index in [2.05, 4.69) is 31.9 Å². The minimum absolute atomic E-state index is 0.273. The van der Waals surface area contributed by atoms with Crippen LogP contribution >= 0.6 is 31.9 Å². The van der Waals surface area contributed by atoms with Crippen LogP contribution in [0, 0.1) is 11.3 Å². The minimum atomic E-state index is -0.484. The molecule has 0 amide bonds. The number of hydrogen-bond donors (Lipinski definition) is 0. The average Bonchev–Trinajstić information content (AvgIpc) is 2.22. The van der Waals surface area contributed by atoms with Gasteiger partial charge in [0, 0.05) is 4.47 Å². The Bertz CT molecular complexity index is 438. The highest BCUT2D eigenvalue weighted by Crippen LogP contribution is 2.29. The topological polar surface area (TPSA) is 50.1 Å². The van der Waals surface area contributed by atoms with Gasteiger partial charge in [0.15, 0.2) is 0 Å². The molecule has 78 valence electrons. The van der Waals surface area contributed by atoms with Gasteiger partial charge >= 0.3 is 5.97 Å². The van der Waals surface area contributed by atoms with E-state index in [-0.39, 0.29) is 17.7 Å². The second-order valence-electron chi connectivity index (χ2n) is 2.62. The van der Waals surface area contributed by atoms with E-state index in [1.807, 2.05) is 6.07 Å². The zero-order chi connectivity index (χ0) is 11.4. The lowest BCUT2D eigenvalue weighted by Crippen LogP contribution is -2.07. The molecule has 5 heteroatoms. The summed E-state index contributed by atoms with van der Waals surface area (Å²) >= 11 is 6.49. The summed E-state index contributed by atoms with van der Waals surface area (Å²) < 4.78 is 6.13. The van der Waals surface area contributed by atoms with E-state index >= 15 is 0 Å². The number of hydrogen-bond acceptors (Lipinski definition) is 3. The molecule has 0 saturated carbocycles. The van der Waals surface area contributed by atoms with Gasteiger partial charge in [0.05, 0.1) is 22.2 Å². The molecule has 0 aromatic heterocycles. The molecule has 1 rings (SSSR count). The van der Waals surface area contributed by atoms with Crippen LogP contribution in [-0.2, 0) is 4.74 Å². The van der Waals surface area contributed by atoms with E-state index in [9.17, 15) is 4.79 Å². The van der Waals surface area contributed by atoms with Crippen LogP contribution in [0.5, 0.6) is 0 Å². The van der Waals surface area contributed by atoms with E-state index in [1.54, 1.807) is 19.1 Å². The quantitative estimate of drug-likeness (QED) is 0.781. The van der Waals surface area contributed by atoms with E-state index < -0.39 is 5.97 Å². The fraction of sp³-hybridized carbons (Fsp3) is 0.200. The van der Waals surface area contributed by atoms with Gasteiger partial charge in [-0.1, -0.05) is 0 Å². The number of carbonyl (C=O) groups excluding carboxylic acids is 1. The molecule has 0 aliphatic heterocycles. The fourth-order valence-corrected chi connectivity index (χ4v) is 1.80. The Morgan fingerprint density at radius 3 is 2.73 bits per heavy atom. The summed E-state index contributed by atoms with van der Waals surface area (Å²) in [5.41, 5.74) is 0.553. The van der Waals surface area contributed by atoms with Crippen molar-refractivity contribution in [1.29, 1.82) is 5.26 Å². The SMILES string of the molecule is CCOC(=O)c1ccc(Br)c(Br)c1C#N. The zero-order valence-electron chi connectivity index (χ0n) is 7.88. The third kappa shape index (κ3) is 2.58. The lowest BCUT2D eigenvalue weighted by atomic mass is 10.1. The summed E-state index contributed by atoms with van der Waals surface area (Å²) in [5, 5.41) is 8.93. The van der Waals surface area contributed by atoms with Gasteiger partial charge in [0.1, 0.15) is 6.07 Å². The molecule has 1 aromatic rings. The molecular weight excluding hydrogens is 326 g/mol. The maximum Gasteiger partial charge on any atom is 0.339 e. The summed E-state index contributed by atoms with van der Waals surface area (Å²) in [4.78, 5) is 11.5. The van der Waals surface area contributed by atoms with Crippen LogP contribution in [0.15, 0.2) is 21.1 Å². The maximum absolute atomic E-state index is 11.5. The van der Waals surface area contributed by atoms with E-state index in [1.165, 1.54) is 0 Å². The Morgan fingerprint density at radius 2 is 2.20 bits per heavy atom. The molecule has 0 aliphatic carbocycles. The zero-order valence-corrected chi connectivity index (χ0v) is 11.1. The van der Waals surface area contributed by atoms with Crippen LogP contribution in [0.4, 0.5) is 0 Å². The van der Waals surface area contributed by atoms with E-state index in [0.29, 0.717) is 4.47 Å². The van der Waals surface area contributed by atoms with Gasteiger partial charge in [-0.2, -0.15) is 5.26 Å². The van der Waals surface area contributed by atoms with Crippen molar-refractivity contribution >= 4 is 37.8 Å². The third-order valence-electron chi connectivity index (χ3n) is 1.70. The van der Waals surface area contributed by atoms with Crippen LogP contribution < -0.4 is 0 Å². The van der Waals surface area contributed by atoms with Crippen molar-refractivity contribution in [3.05, 3.63) is 32.2 Å². The number of rotatable bonds is 2. The number of halogens is 2. The molecule has 1 aromatic carbocycles. The maximum atomic E-state index is 11.5. The molecule has 0 aliphatic rings. The number of benzene rings is 1. The third-order valence-corrected chi connectivity index (χ3v) is 3.72. The van der Waals surface area contributed by atoms with Crippen molar-refractivity contribution in [3.63, 3.8) is 0 Å². The fourth-order valence-electron chi connectivity index (χ4n) is 1.04. The van der Waals surface area contributed by atoms with Gasteiger partial charge in [-0.05, 0) is 50.9 Å². The monoisotopic (exact) mass is 331 g/mol. The molecule has 15 heavy (non-hydrogen) atoms. The van der Waals surface area contributed by atoms with Crippen LogP contribution in [0.25, 0.3) is 0 Å². The highest BCUT2D eigenvalue weighted by Gasteiger charge is 2.16. The van der Waals surface area contributed by atoms with Crippen LogP contribution in [-0.4, -0.2) is 12.6 Å². The number of esters is 1. The molecule has 0 N–H and O–H groups in total. The minimum Gasteiger partial charge on any atom is -0.462 e. The highest BCUT2D eigenvalue weighted by molar-refractivity contribution is 9.13. The van der Waals surface area contributed by atoms with Crippen LogP contribution in [0.1, 0.15) is 22.8 Å². The van der Waals surface area contributed by atoms with Gasteiger partial charge in [-0.25, -0.2) is 4.79 Å². The number of ether oxygens (including phenoxy) is 1. The van der Waals surface area contributed by atoms with Crippen LogP contribution in [0.3, 0.4) is 0 Å². The number of carbonyl (C=O) groups is 1. The average molecular weight is 333 g/mol. The highest BCUT2D eigenvalue weighted by atomic mass is 79.9. The van der Waals surface area contributed by atoms with E-state index in [0.717, 1.165) is 4.47 Å².